The fourth-order valence-corrected chi connectivity index (χ4v) is 7.19. The van der Waals surface area contributed by atoms with Crippen LogP contribution < -0.4 is 0 Å². The highest BCUT2D eigenvalue weighted by Crippen LogP contribution is 2.69. The van der Waals surface area contributed by atoms with Crippen molar-refractivity contribution >= 4 is 11.9 Å². The number of cyclic esters (lactones) is 1. The van der Waals surface area contributed by atoms with E-state index in [1.165, 1.54) is 6.92 Å². The third-order valence-corrected chi connectivity index (χ3v) is 8.81. The van der Waals surface area contributed by atoms with Crippen LogP contribution in [0.3, 0.4) is 0 Å². The summed E-state index contributed by atoms with van der Waals surface area (Å²) in [6.45, 7) is 9.12. The molecule has 0 radical (unpaired) electrons. The van der Waals surface area contributed by atoms with E-state index in [1.54, 1.807) is 0 Å². The van der Waals surface area contributed by atoms with Gasteiger partial charge in [-0.05, 0) is 62.9 Å². The second-order valence-electron chi connectivity index (χ2n) is 11.3. The minimum atomic E-state index is -1.73. The van der Waals surface area contributed by atoms with Crippen molar-refractivity contribution in [3.8, 4) is 0 Å². The quantitative estimate of drug-likeness (QED) is 0.582. The molecule has 4 aliphatic rings. The molecule has 2 saturated carbocycles. The van der Waals surface area contributed by atoms with Crippen LogP contribution in [0.1, 0.15) is 66.7 Å². The van der Waals surface area contributed by atoms with Gasteiger partial charge in [-0.2, -0.15) is 0 Å². The molecule has 0 aromatic rings. The van der Waals surface area contributed by atoms with Gasteiger partial charge in [0.2, 0.25) is 0 Å². The smallest absolute Gasteiger partial charge is 0.339 e. The van der Waals surface area contributed by atoms with Gasteiger partial charge in [0.25, 0.3) is 0 Å². The Morgan fingerprint density at radius 1 is 1.26 bits per heavy atom. The van der Waals surface area contributed by atoms with Crippen molar-refractivity contribution in [1.29, 1.82) is 0 Å². The van der Waals surface area contributed by atoms with Crippen molar-refractivity contribution in [2.75, 3.05) is 6.61 Å². The molecule has 4 rings (SSSR count). The van der Waals surface area contributed by atoms with Crippen LogP contribution in [-0.2, 0) is 19.1 Å². The third kappa shape index (κ3) is 3.35. The second-order valence-corrected chi connectivity index (χ2v) is 11.3. The van der Waals surface area contributed by atoms with E-state index in [0.29, 0.717) is 31.4 Å². The molecule has 0 spiro atoms. The Hall–Kier alpha value is -1.44. The average Bonchev–Trinajstić information content (AvgIpc) is 3.24. The monoisotopic (exact) mass is 436 g/mol. The van der Waals surface area contributed by atoms with Crippen LogP contribution in [0.2, 0.25) is 0 Å². The number of carbonyl (C=O) groups excluding carboxylic acids is 2. The van der Waals surface area contributed by atoms with Gasteiger partial charge in [0.15, 0.2) is 5.60 Å². The van der Waals surface area contributed by atoms with Gasteiger partial charge in [0, 0.05) is 37.7 Å². The normalized spacial score (nSPS) is 48.4. The first kappa shape index (κ1) is 22.7. The summed E-state index contributed by atoms with van der Waals surface area (Å²) in [5.41, 5.74) is -4.09. The third-order valence-electron chi connectivity index (χ3n) is 8.81. The van der Waals surface area contributed by atoms with Gasteiger partial charge in [0.05, 0.1) is 5.60 Å². The Labute approximate surface area is 183 Å². The molecular formula is C24H36O7. The number of fused-ring (bicyclic) bond motifs is 3. The van der Waals surface area contributed by atoms with E-state index in [2.05, 4.69) is 6.92 Å². The Kier molecular flexibility index (Phi) is 5.16. The number of allylic oxidation sites excluding steroid dienone is 1. The van der Waals surface area contributed by atoms with Crippen LogP contribution in [0.15, 0.2) is 11.8 Å². The summed E-state index contributed by atoms with van der Waals surface area (Å²) < 4.78 is 11.2. The van der Waals surface area contributed by atoms with Gasteiger partial charge >= 0.3 is 11.9 Å². The van der Waals surface area contributed by atoms with Crippen molar-refractivity contribution in [1.82, 2.24) is 0 Å². The first-order valence-electron chi connectivity index (χ1n) is 11.5. The summed E-state index contributed by atoms with van der Waals surface area (Å²) in [6, 6.07) is 0. The first-order valence-corrected chi connectivity index (χ1v) is 11.5. The van der Waals surface area contributed by atoms with Crippen molar-refractivity contribution in [3.05, 3.63) is 11.8 Å². The van der Waals surface area contributed by atoms with E-state index in [9.17, 15) is 24.9 Å². The van der Waals surface area contributed by atoms with Crippen LogP contribution in [0.5, 0.6) is 0 Å². The second kappa shape index (κ2) is 7.03. The fraction of sp³-hybridized carbons (Fsp3) is 0.833. The van der Waals surface area contributed by atoms with Gasteiger partial charge in [-0.3, -0.25) is 4.79 Å². The standard InChI is InChI=1S/C24H36O7/c1-13(11-25)18-19-16(30-14(2)26)10-15-6-7-17-21(3,4)31-20(27)24(17,29)12-23(15,28)9-8-22(18,19)5/h10,13,15,17-19,25,28-29H,6-9,11-12H2,1-5H3/b16-10+/t13-,15+,17+,18-,19+,22-,23+,24-/m1/s1. The van der Waals surface area contributed by atoms with Crippen molar-refractivity contribution in [2.24, 2.45) is 35.0 Å². The topological polar surface area (TPSA) is 113 Å². The first-order chi connectivity index (χ1) is 14.3. The minimum absolute atomic E-state index is 0.00958. The summed E-state index contributed by atoms with van der Waals surface area (Å²) in [5.74, 6) is -1.09. The number of ether oxygens (including phenoxy) is 2. The Morgan fingerprint density at radius 2 is 1.94 bits per heavy atom. The molecule has 3 N–H and O–H groups in total. The van der Waals surface area contributed by atoms with E-state index in [-0.39, 0.29) is 42.1 Å². The van der Waals surface area contributed by atoms with Crippen LogP contribution >= 0.6 is 0 Å². The lowest BCUT2D eigenvalue weighted by Gasteiger charge is -2.39. The zero-order valence-corrected chi connectivity index (χ0v) is 19.2. The largest absolute Gasteiger partial charge is 0.457 e. The van der Waals surface area contributed by atoms with Crippen LogP contribution in [0.4, 0.5) is 0 Å². The Morgan fingerprint density at radius 3 is 2.55 bits per heavy atom. The highest BCUT2D eigenvalue weighted by Gasteiger charge is 2.69. The fourth-order valence-electron chi connectivity index (χ4n) is 7.19. The van der Waals surface area contributed by atoms with E-state index < -0.39 is 34.7 Å². The maximum atomic E-state index is 12.7. The lowest BCUT2D eigenvalue weighted by Crippen LogP contribution is -2.50. The number of aliphatic hydroxyl groups is 3. The van der Waals surface area contributed by atoms with Gasteiger partial charge in [-0.25, -0.2) is 4.79 Å². The lowest BCUT2D eigenvalue weighted by molar-refractivity contribution is -0.164. The van der Waals surface area contributed by atoms with E-state index in [0.717, 1.165) is 0 Å². The summed E-state index contributed by atoms with van der Waals surface area (Å²) in [7, 11) is 0. The lowest BCUT2D eigenvalue weighted by atomic mass is 9.71. The number of hydrogen-bond acceptors (Lipinski definition) is 7. The molecule has 0 unspecified atom stereocenters. The molecule has 7 heteroatoms. The molecule has 0 bridgehead atoms. The molecule has 31 heavy (non-hydrogen) atoms. The van der Waals surface area contributed by atoms with Gasteiger partial charge in [-0.15, -0.1) is 0 Å². The van der Waals surface area contributed by atoms with Crippen LogP contribution in [0.25, 0.3) is 0 Å². The number of esters is 2. The minimum Gasteiger partial charge on any atom is -0.457 e. The van der Waals surface area contributed by atoms with E-state index in [1.807, 2.05) is 26.8 Å². The number of carbonyl (C=O) groups is 2. The molecule has 0 aromatic carbocycles. The molecule has 3 aliphatic carbocycles. The number of hydrogen-bond donors (Lipinski definition) is 3. The van der Waals surface area contributed by atoms with Crippen molar-refractivity contribution in [2.45, 2.75) is 83.5 Å². The number of aliphatic hydroxyl groups excluding tert-OH is 1. The number of rotatable bonds is 3. The molecule has 0 aromatic heterocycles. The predicted octanol–water partition coefficient (Wildman–Crippen LogP) is 2.32. The highest BCUT2D eigenvalue weighted by molar-refractivity contribution is 5.83. The van der Waals surface area contributed by atoms with E-state index >= 15 is 0 Å². The summed E-state index contributed by atoms with van der Waals surface area (Å²) in [4.78, 5) is 24.6. The SMILES string of the molecule is CC(=O)O/C1=C/[C@@H]2CC[C@H]3C(C)(C)OC(=O)[C@@]3(O)C[C@@]2(O)CC[C@]2(C)[C@H]([C@H](C)CO)[C@H]12. The molecule has 7 nitrogen and oxygen atoms in total. The Bertz CT molecular complexity index is 819. The molecule has 3 fully saturated rings. The highest BCUT2D eigenvalue weighted by atomic mass is 16.6. The van der Waals surface area contributed by atoms with Crippen LogP contribution in [-0.4, -0.2) is 50.7 Å². The Balaban J connectivity index is 1.75. The molecule has 1 aliphatic heterocycles. The predicted molar refractivity (Wildman–Crippen MR) is 111 cm³/mol. The zero-order chi connectivity index (χ0) is 23.0. The molecular weight excluding hydrogens is 400 g/mol. The molecule has 174 valence electrons. The maximum absolute atomic E-state index is 12.7. The van der Waals surface area contributed by atoms with Crippen molar-refractivity contribution in [3.63, 3.8) is 0 Å². The van der Waals surface area contributed by atoms with Gasteiger partial charge in [0.1, 0.15) is 11.4 Å². The maximum Gasteiger partial charge on any atom is 0.339 e. The van der Waals surface area contributed by atoms with E-state index in [4.69, 9.17) is 9.47 Å². The van der Waals surface area contributed by atoms with Crippen LogP contribution in [0, 0.1) is 35.0 Å². The summed E-state index contributed by atoms with van der Waals surface area (Å²) in [5, 5.41) is 33.0. The summed E-state index contributed by atoms with van der Waals surface area (Å²) >= 11 is 0. The summed E-state index contributed by atoms with van der Waals surface area (Å²) in [6.07, 6.45) is 3.92. The average molecular weight is 437 g/mol. The van der Waals surface area contributed by atoms with Crippen molar-refractivity contribution < 1.29 is 34.4 Å². The molecule has 8 atom stereocenters. The molecule has 1 heterocycles. The van der Waals surface area contributed by atoms with Gasteiger partial charge < -0.3 is 24.8 Å². The molecule has 1 saturated heterocycles. The zero-order valence-electron chi connectivity index (χ0n) is 19.2. The molecule has 0 amide bonds. The van der Waals surface area contributed by atoms with Gasteiger partial charge in [-0.1, -0.05) is 13.8 Å².